The fraction of sp³-hybridized carbons (Fsp3) is 0.0800. The van der Waals surface area contributed by atoms with Gasteiger partial charge in [-0.25, -0.2) is 4.99 Å². The molecular weight excluding hydrogens is 409 g/mol. The van der Waals surface area contributed by atoms with Crippen molar-refractivity contribution in [3.8, 4) is 11.3 Å². The number of aryl methyl sites for hydroxylation is 2. The Labute approximate surface area is 184 Å². The summed E-state index contributed by atoms with van der Waals surface area (Å²) in [5, 5.41) is 0. The predicted octanol–water partition coefficient (Wildman–Crippen LogP) is 4.41. The Morgan fingerprint density at radius 2 is 1.44 bits per heavy atom. The second-order valence-corrected chi connectivity index (χ2v) is 7.84. The molecule has 0 aliphatic carbocycles. The van der Waals surface area contributed by atoms with Gasteiger partial charge in [0, 0.05) is 35.0 Å². The number of halogens is 2. The summed E-state index contributed by atoms with van der Waals surface area (Å²) in [6, 6.07) is 19.3. The molecule has 0 unspecified atom stereocenters. The van der Waals surface area contributed by atoms with E-state index >= 15 is 0 Å². The first-order valence-electron chi connectivity index (χ1n) is 10.4. The van der Waals surface area contributed by atoms with Crippen LogP contribution < -0.4 is 4.99 Å². The van der Waals surface area contributed by atoms with Gasteiger partial charge in [0.2, 0.25) is 11.4 Å². The molecule has 2 aliphatic rings. The Morgan fingerprint density at radius 3 is 2.16 bits per heavy atom. The monoisotopic (exact) mass is 430 g/mol. The van der Waals surface area contributed by atoms with Crippen LogP contribution in [0.2, 0.25) is 0 Å². The number of aromatic amines is 1. The molecule has 0 amide bonds. The van der Waals surface area contributed by atoms with Crippen molar-refractivity contribution in [2.75, 3.05) is 0 Å². The lowest BCUT2D eigenvalue weighted by Gasteiger charge is -2.33. The molecule has 2 N–H and O–H groups in total. The van der Waals surface area contributed by atoms with Crippen LogP contribution in [0.5, 0.6) is 0 Å². The summed E-state index contributed by atoms with van der Waals surface area (Å²) in [4.78, 5) is 6.39. The van der Waals surface area contributed by atoms with E-state index in [1.165, 1.54) is 6.08 Å². The summed E-state index contributed by atoms with van der Waals surface area (Å²) in [7, 11) is -4.51. The minimum Gasteiger partial charge on any atom is -0.626 e. The highest BCUT2D eigenvalue weighted by Gasteiger charge is 2.40. The summed E-state index contributed by atoms with van der Waals surface area (Å²) in [5.41, 5.74) is 6.73. The third-order valence-corrected chi connectivity index (χ3v) is 5.56. The van der Waals surface area contributed by atoms with Crippen molar-refractivity contribution in [2.24, 2.45) is 0 Å². The number of rotatable bonds is 3. The normalized spacial score (nSPS) is 19.2. The van der Waals surface area contributed by atoms with Crippen molar-refractivity contribution in [2.45, 2.75) is 13.8 Å². The van der Waals surface area contributed by atoms with Crippen LogP contribution in [0.1, 0.15) is 22.4 Å². The van der Waals surface area contributed by atoms with Crippen LogP contribution in [-0.4, -0.2) is 17.8 Å². The van der Waals surface area contributed by atoms with Crippen LogP contribution in [0.25, 0.3) is 17.0 Å². The van der Waals surface area contributed by atoms with Crippen molar-refractivity contribution in [1.82, 2.24) is 4.98 Å². The van der Waals surface area contributed by atoms with Gasteiger partial charge >= 0.3 is 7.11 Å². The van der Waals surface area contributed by atoms with Crippen LogP contribution in [0, 0.1) is 13.8 Å². The van der Waals surface area contributed by atoms with Crippen molar-refractivity contribution in [3.05, 3.63) is 113 Å². The molecule has 0 atom stereocenters. The van der Waals surface area contributed by atoms with Gasteiger partial charge in [0.15, 0.2) is 5.76 Å². The number of hydrogen-bond acceptors (Lipinski definition) is 2. The Hall–Kier alpha value is -3.87. The van der Waals surface area contributed by atoms with Crippen LogP contribution in [0.15, 0.2) is 90.3 Å². The van der Waals surface area contributed by atoms with E-state index in [0.29, 0.717) is 11.4 Å². The largest absolute Gasteiger partial charge is 0.726 e. The SMILES string of the molecule is Cc1ccccc1C1=[NH+]/C(=C2/C=C(c3ccc(-c4ccccc4C)[nH]3)O[B-](F)(F)O2)C=C1. The fourth-order valence-corrected chi connectivity index (χ4v) is 3.93. The lowest BCUT2D eigenvalue weighted by molar-refractivity contribution is -0.388. The maximum atomic E-state index is 14.4. The maximum absolute atomic E-state index is 14.4. The average Bonchev–Trinajstić information content (AvgIpc) is 3.44. The molecule has 3 aromatic rings. The molecule has 0 saturated carbocycles. The van der Waals surface area contributed by atoms with Gasteiger partial charge in [-0.2, -0.15) is 0 Å². The zero-order chi connectivity index (χ0) is 22.3. The summed E-state index contributed by atoms with van der Waals surface area (Å²) in [6.07, 6.45) is 5.07. The molecule has 32 heavy (non-hydrogen) atoms. The number of H-pyrrole nitrogens is 1. The van der Waals surface area contributed by atoms with E-state index in [2.05, 4.69) is 9.98 Å². The second kappa shape index (κ2) is 7.68. The van der Waals surface area contributed by atoms with Crippen LogP contribution >= 0.6 is 0 Å². The number of allylic oxidation sites excluding steroid dienone is 3. The summed E-state index contributed by atoms with van der Waals surface area (Å²) in [6.45, 7) is 4.00. The van der Waals surface area contributed by atoms with E-state index in [-0.39, 0.29) is 11.5 Å². The molecule has 7 heteroatoms. The lowest BCUT2D eigenvalue weighted by Crippen LogP contribution is -2.68. The van der Waals surface area contributed by atoms with Crippen molar-refractivity contribution in [3.63, 3.8) is 0 Å². The second-order valence-electron chi connectivity index (χ2n) is 7.84. The lowest BCUT2D eigenvalue weighted by atomic mass is 10.0. The molecule has 2 aliphatic heterocycles. The van der Waals surface area contributed by atoms with Gasteiger partial charge < -0.3 is 22.9 Å². The Bertz CT molecular complexity index is 1330. The smallest absolute Gasteiger partial charge is 0.626 e. The summed E-state index contributed by atoms with van der Waals surface area (Å²) < 4.78 is 38.6. The van der Waals surface area contributed by atoms with E-state index < -0.39 is 7.11 Å². The fourth-order valence-electron chi connectivity index (χ4n) is 3.93. The summed E-state index contributed by atoms with van der Waals surface area (Å²) in [5.74, 6) is 0.0613. The van der Waals surface area contributed by atoms with Gasteiger partial charge in [-0.1, -0.05) is 42.5 Å². The van der Waals surface area contributed by atoms with Gasteiger partial charge in [0.1, 0.15) is 5.76 Å². The standard InChI is InChI=1S/C25H20BF2N2O2/c1-16-7-3-5-9-18(16)20-11-13-22(29-20)24-15-25(32-26(27,28)31-24)23-14-12-21(30-23)19-10-6-4-8-17(19)2/h3-15,29H,1-2H3/q-1/p+1/b25-23-. The molecule has 1 aromatic heterocycles. The van der Waals surface area contributed by atoms with Gasteiger partial charge in [-0.05, 0) is 43.2 Å². The van der Waals surface area contributed by atoms with E-state index in [1.54, 1.807) is 12.1 Å². The molecule has 0 radical (unpaired) electrons. The van der Waals surface area contributed by atoms with E-state index in [4.69, 9.17) is 9.31 Å². The Balaban J connectivity index is 1.53. The molecule has 5 rings (SSSR count). The molecule has 0 saturated heterocycles. The van der Waals surface area contributed by atoms with E-state index in [9.17, 15) is 8.63 Å². The minimum atomic E-state index is -4.51. The van der Waals surface area contributed by atoms with Crippen LogP contribution in [0.4, 0.5) is 8.63 Å². The molecule has 0 bridgehead atoms. The predicted molar refractivity (Wildman–Crippen MR) is 121 cm³/mol. The molecule has 0 spiro atoms. The summed E-state index contributed by atoms with van der Waals surface area (Å²) >= 11 is 0. The van der Waals surface area contributed by atoms with Crippen molar-refractivity contribution < 1.29 is 22.9 Å². The highest BCUT2D eigenvalue weighted by atomic mass is 19.3. The minimum absolute atomic E-state index is 0.0307. The molecule has 3 heterocycles. The first-order chi connectivity index (χ1) is 15.4. The van der Waals surface area contributed by atoms with E-state index in [1.807, 2.05) is 74.5 Å². The zero-order valence-electron chi connectivity index (χ0n) is 17.7. The zero-order valence-corrected chi connectivity index (χ0v) is 17.7. The van der Waals surface area contributed by atoms with Crippen LogP contribution in [0.3, 0.4) is 0 Å². The average molecular weight is 430 g/mol. The van der Waals surface area contributed by atoms with Gasteiger partial charge in [0.25, 0.3) is 0 Å². The number of nitrogens with one attached hydrogen (secondary N) is 2. The quantitative estimate of drug-likeness (QED) is 0.605. The van der Waals surface area contributed by atoms with Crippen LogP contribution in [-0.2, 0) is 9.31 Å². The van der Waals surface area contributed by atoms with E-state index in [0.717, 1.165) is 33.7 Å². The highest BCUT2D eigenvalue weighted by molar-refractivity contribution is 6.53. The van der Waals surface area contributed by atoms with Gasteiger partial charge in [-0.3, -0.25) is 0 Å². The Kier molecular flexibility index (Phi) is 4.81. The molecule has 2 aromatic carbocycles. The number of benzene rings is 2. The first-order valence-corrected chi connectivity index (χ1v) is 10.4. The van der Waals surface area contributed by atoms with Gasteiger partial charge in [-0.15, -0.1) is 0 Å². The topological polar surface area (TPSA) is 48.2 Å². The molecular formula is C25H21BF2N2O2. The molecule has 0 fully saturated rings. The maximum Gasteiger partial charge on any atom is 0.726 e. The first kappa shape index (κ1) is 20.1. The third kappa shape index (κ3) is 3.77. The highest BCUT2D eigenvalue weighted by Crippen LogP contribution is 2.34. The number of hydrogen-bond donors (Lipinski definition) is 2. The third-order valence-electron chi connectivity index (χ3n) is 5.56. The van der Waals surface area contributed by atoms with Gasteiger partial charge in [0.05, 0.1) is 5.69 Å². The van der Waals surface area contributed by atoms with Crippen molar-refractivity contribution >= 4 is 18.6 Å². The number of aromatic nitrogens is 1. The van der Waals surface area contributed by atoms with Crippen molar-refractivity contribution in [1.29, 1.82) is 0 Å². The molecule has 4 nitrogen and oxygen atoms in total. The molecule has 160 valence electrons. The Morgan fingerprint density at radius 1 is 0.781 bits per heavy atom.